The molecule has 0 aromatic carbocycles. The van der Waals surface area contributed by atoms with Crippen molar-refractivity contribution in [3.63, 3.8) is 0 Å². The Balaban J connectivity index is 1.53. The smallest absolute Gasteiger partial charge is 0.129 e. The molecule has 0 atom stereocenters. The Kier molecular flexibility index (Phi) is 4.24. The number of halogens is 1. The van der Waals surface area contributed by atoms with Gasteiger partial charge in [-0.25, -0.2) is 0 Å². The van der Waals surface area contributed by atoms with Gasteiger partial charge in [0.2, 0.25) is 0 Å². The maximum atomic E-state index is 9.00. The van der Waals surface area contributed by atoms with E-state index < -0.39 is 0 Å². The van der Waals surface area contributed by atoms with E-state index in [1.54, 1.807) is 0 Å². The van der Waals surface area contributed by atoms with Gasteiger partial charge in [-0.05, 0) is 40.9 Å². The van der Waals surface area contributed by atoms with Crippen LogP contribution in [0, 0.1) is 0 Å². The van der Waals surface area contributed by atoms with E-state index in [9.17, 15) is 0 Å². The minimum atomic E-state index is -0.0315. The molecule has 0 radical (unpaired) electrons. The average molecular weight is 340 g/mol. The van der Waals surface area contributed by atoms with E-state index in [-0.39, 0.29) is 6.61 Å². The minimum Gasteiger partial charge on any atom is -0.462 e. The molecule has 0 aliphatic carbocycles. The van der Waals surface area contributed by atoms with Gasteiger partial charge < -0.3 is 9.52 Å². The molecule has 0 saturated carbocycles. The Morgan fingerprint density at radius 1 is 1.30 bits per heavy atom. The van der Waals surface area contributed by atoms with Crippen LogP contribution in [0.5, 0.6) is 0 Å². The first-order valence-corrected chi connectivity index (χ1v) is 7.64. The summed E-state index contributed by atoms with van der Waals surface area (Å²) >= 11 is 3.44. The molecule has 6 heteroatoms. The van der Waals surface area contributed by atoms with Crippen LogP contribution < -0.4 is 0 Å². The lowest BCUT2D eigenvalue weighted by molar-refractivity contribution is 0.159. The number of nitrogens with zero attached hydrogens (tertiary/aromatic N) is 3. The average Bonchev–Trinajstić information content (AvgIpc) is 3.09. The third-order valence-electron chi connectivity index (χ3n) is 3.75. The van der Waals surface area contributed by atoms with Gasteiger partial charge in [0.1, 0.15) is 18.1 Å². The van der Waals surface area contributed by atoms with Gasteiger partial charge in [-0.2, -0.15) is 5.10 Å². The SMILES string of the molecule is OCc1ccc(CN2CCC(n3cc(Br)cn3)CC2)o1. The van der Waals surface area contributed by atoms with Crippen LogP contribution in [0.3, 0.4) is 0 Å². The molecule has 0 spiro atoms. The minimum absolute atomic E-state index is 0.0315. The molecule has 2 aromatic heterocycles. The quantitative estimate of drug-likeness (QED) is 0.930. The van der Waals surface area contributed by atoms with E-state index in [0.29, 0.717) is 11.8 Å². The monoisotopic (exact) mass is 339 g/mol. The third kappa shape index (κ3) is 3.13. The van der Waals surface area contributed by atoms with Crippen molar-refractivity contribution < 1.29 is 9.52 Å². The maximum Gasteiger partial charge on any atom is 0.129 e. The number of rotatable bonds is 4. The molecule has 1 aliphatic heterocycles. The second-order valence-electron chi connectivity index (χ2n) is 5.17. The predicted molar refractivity (Wildman–Crippen MR) is 78.1 cm³/mol. The molecule has 108 valence electrons. The van der Waals surface area contributed by atoms with E-state index in [1.165, 1.54) is 0 Å². The number of aliphatic hydroxyl groups excluding tert-OH is 1. The van der Waals surface area contributed by atoms with Gasteiger partial charge in [0.25, 0.3) is 0 Å². The van der Waals surface area contributed by atoms with Crippen LogP contribution in [0.4, 0.5) is 0 Å². The van der Waals surface area contributed by atoms with Gasteiger partial charge in [0, 0.05) is 19.3 Å². The number of hydrogen-bond acceptors (Lipinski definition) is 4. The molecule has 0 bridgehead atoms. The Hall–Kier alpha value is -1.11. The topological polar surface area (TPSA) is 54.4 Å². The molecule has 1 fully saturated rings. The molecule has 0 unspecified atom stereocenters. The van der Waals surface area contributed by atoms with Crippen LogP contribution in [0.15, 0.2) is 33.4 Å². The molecule has 3 rings (SSSR count). The largest absolute Gasteiger partial charge is 0.462 e. The lowest BCUT2D eigenvalue weighted by Gasteiger charge is -2.31. The zero-order valence-corrected chi connectivity index (χ0v) is 12.8. The molecule has 5 nitrogen and oxygen atoms in total. The number of aliphatic hydroxyl groups is 1. The Morgan fingerprint density at radius 3 is 2.65 bits per heavy atom. The maximum absolute atomic E-state index is 9.00. The van der Waals surface area contributed by atoms with Crippen molar-refractivity contribution in [2.24, 2.45) is 0 Å². The summed E-state index contributed by atoms with van der Waals surface area (Å²) in [6.45, 7) is 2.86. The standard InChI is InChI=1S/C14H18BrN3O2/c15-11-7-16-18(8-11)12-3-5-17(6-4-12)9-13-1-2-14(10-19)20-13/h1-2,7-8,12,19H,3-6,9-10H2. The first-order valence-electron chi connectivity index (χ1n) is 6.85. The predicted octanol–water partition coefficient (Wildman–Crippen LogP) is 2.57. The molecule has 3 heterocycles. The van der Waals surface area contributed by atoms with Gasteiger partial charge in [0.15, 0.2) is 0 Å². The van der Waals surface area contributed by atoms with Gasteiger partial charge in [-0.3, -0.25) is 9.58 Å². The highest BCUT2D eigenvalue weighted by atomic mass is 79.9. The lowest BCUT2D eigenvalue weighted by atomic mass is 10.1. The van der Waals surface area contributed by atoms with Gasteiger partial charge in [0.05, 0.1) is 23.3 Å². The van der Waals surface area contributed by atoms with Crippen molar-refractivity contribution >= 4 is 15.9 Å². The Labute approximate surface area is 126 Å². The number of piperidine rings is 1. The molecule has 1 saturated heterocycles. The number of aromatic nitrogens is 2. The molecule has 0 amide bonds. The van der Waals surface area contributed by atoms with Crippen LogP contribution in [-0.2, 0) is 13.2 Å². The zero-order valence-electron chi connectivity index (χ0n) is 11.2. The van der Waals surface area contributed by atoms with Crippen LogP contribution in [-0.4, -0.2) is 32.9 Å². The summed E-state index contributed by atoms with van der Waals surface area (Å²) in [5.41, 5.74) is 0. The molecular weight excluding hydrogens is 322 g/mol. The molecular formula is C14H18BrN3O2. The first-order chi connectivity index (χ1) is 9.74. The van der Waals surface area contributed by atoms with Crippen molar-refractivity contribution in [2.75, 3.05) is 13.1 Å². The Morgan fingerprint density at radius 2 is 2.05 bits per heavy atom. The van der Waals surface area contributed by atoms with Crippen molar-refractivity contribution in [3.8, 4) is 0 Å². The normalized spacial score (nSPS) is 17.7. The summed E-state index contributed by atoms with van der Waals surface area (Å²) in [7, 11) is 0. The van der Waals surface area contributed by atoms with Gasteiger partial charge in [-0.1, -0.05) is 0 Å². The fraction of sp³-hybridized carbons (Fsp3) is 0.500. The molecule has 2 aromatic rings. The molecule has 1 N–H and O–H groups in total. The van der Waals surface area contributed by atoms with Crippen LogP contribution in [0.25, 0.3) is 0 Å². The second-order valence-corrected chi connectivity index (χ2v) is 6.09. The van der Waals surface area contributed by atoms with Gasteiger partial charge in [-0.15, -0.1) is 0 Å². The van der Waals surface area contributed by atoms with Crippen LogP contribution in [0.1, 0.15) is 30.4 Å². The van der Waals surface area contributed by atoms with E-state index in [4.69, 9.17) is 9.52 Å². The fourth-order valence-corrected chi connectivity index (χ4v) is 2.97. The van der Waals surface area contributed by atoms with Crippen molar-refractivity contribution in [3.05, 3.63) is 40.5 Å². The summed E-state index contributed by atoms with van der Waals surface area (Å²) in [6, 6.07) is 4.27. The zero-order chi connectivity index (χ0) is 13.9. The summed E-state index contributed by atoms with van der Waals surface area (Å²) in [5, 5.41) is 13.4. The summed E-state index contributed by atoms with van der Waals surface area (Å²) < 4.78 is 8.62. The first kappa shape index (κ1) is 13.9. The highest BCUT2D eigenvalue weighted by Gasteiger charge is 2.21. The van der Waals surface area contributed by atoms with Crippen LogP contribution in [0.2, 0.25) is 0 Å². The van der Waals surface area contributed by atoms with E-state index in [0.717, 1.165) is 42.7 Å². The van der Waals surface area contributed by atoms with Crippen molar-refractivity contribution in [1.29, 1.82) is 0 Å². The summed E-state index contributed by atoms with van der Waals surface area (Å²) in [6.07, 6.45) is 6.08. The van der Waals surface area contributed by atoms with Crippen molar-refractivity contribution in [2.45, 2.75) is 32.0 Å². The summed E-state index contributed by atoms with van der Waals surface area (Å²) in [5.74, 6) is 1.56. The number of likely N-dealkylation sites (tertiary alicyclic amines) is 1. The van der Waals surface area contributed by atoms with Crippen molar-refractivity contribution in [1.82, 2.24) is 14.7 Å². The van der Waals surface area contributed by atoms with E-state index in [2.05, 4.69) is 30.6 Å². The molecule has 1 aliphatic rings. The van der Waals surface area contributed by atoms with Crippen LogP contribution >= 0.6 is 15.9 Å². The highest BCUT2D eigenvalue weighted by molar-refractivity contribution is 9.10. The third-order valence-corrected chi connectivity index (χ3v) is 4.16. The Bertz CT molecular complexity index is 558. The lowest BCUT2D eigenvalue weighted by Crippen LogP contribution is -2.34. The van der Waals surface area contributed by atoms with E-state index >= 15 is 0 Å². The van der Waals surface area contributed by atoms with E-state index in [1.807, 2.05) is 24.5 Å². The second kappa shape index (κ2) is 6.11. The highest BCUT2D eigenvalue weighted by Crippen LogP contribution is 2.24. The number of furan rings is 1. The number of hydrogen-bond donors (Lipinski definition) is 1. The fourth-order valence-electron chi connectivity index (χ4n) is 2.67. The summed E-state index contributed by atoms with van der Waals surface area (Å²) in [4.78, 5) is 2.38. The molecule has 20 heavy (non-hydrogen) atoms. The van der Waals surface area contributed by atoms with Gasteiger partial charge >= 0.3 is 0 Å².